The zero-order valence-corrected chi connectivity index (χ0v) is 11.5. The van der Waals surface area contributed by atoms with Crippen molar-refractivity contribution in [2.45, 2.75) is 46.2 Å². The highest BCUT2D eigenvalue weighted by molar-refractivity contribution is 5.18. The Bertz CT molecular complexity index is 471. The van der Waals surface area contributed by atoms with Gasteiger partial charge in [0, 0.05) is 0 Å². The second-order valence-electron chi connectivity index (χ2n) is 4.71. The van der Waals surface area contributed by atoms with Crippen LogP contribution in [0.1, 0.15) is 38.1 Å². The number of aromatic nitrogens is 2. The van der Waals surface area contributed by atoms with Crippen molar-refractivity contribution >= 4 is 0 Å². The highest BCUT2D eigenvalue weighted by Gasteiger charge is 2.15. The van der Waals surface area contributed by atoms with Gasteiger partial charge in [0.2, 0.25) is 0 Å². The van der Waals surface area contributed by atoms with Gasteiger partial charge < -0.3 is 0 Å². The fraction of sp³-hybridized carbons (Fsp3) is 0.438. The summed E-state index contributed by atoms with van der Waals surface area (Å²) in [5.74, 6) is 1.41. The van der Waals surface area contributed by atoms with E-state index in [4.69, 9.17) is 0 Å². The van der Waals surface area contributed by atoms with E-state index in [1.165, 1.54) is 24.2 Å². The van der Waals surface area contributed by atoms with Gasteiger partial charge in [0.25, 0.3) is 5.82 Å². The summed E-state index contributed by atoms with van der Waals surface area (Å²) in [5.41, 5.74) is 1.39. The van der Waals surface area contributed by atoms with Crippen LogP contribution in [0.5, 0.6) is 0 Å². The van der Waals surface area contributed by atoms with E-state index in [-0.39, 0.29) is 0 Å². The van der Waals surface area contributed by atoms with Gasteiger partial charge in [-0.2, -0.15) is 0 Å². The standard InChI is InChI=1S/C16H23N2/c1-3-5-11-18-13-12-17(4-2)16(18)14-15-9-7-6-8-10-15/h6-10,12-13H,3-5,11,14H2,1-2H3/q+1. The molecule has 0 aliphatic rings. The summed E-state index contributed by atoms with van der Waals surface area (Å²) in [5, 5.41) is 0. The molecule has 1 aromatic heterocycles. The normalized spacial score (nSPS) is 10.8. The number of unbranched alkanes of at least 4 members (excludes halogenated alkanes) is 1. The van der Waals surface area contributed by atoms with Gasteiger partial charge in [-0.25, -0.2) is 9.13 Å². The lowest BCUT2D eigenvalue weighted by Crippen LogP contribution is -2.37. The number of nitrogens with zero attached hydrogens (tertiary/aromatic N) is 2. The van der Waals surface area contributed by atoms with Gasteiger partial charge >= 0.3 is 0 Å². The maximum absolute atomic E-state index is 2.40. The molecule has 0 unspecified atom stereocenters. The summed E-state index contributed by atoms with van der Waals surface area (Å²) < 4.78 is 4.75. The van der Waals surface area contributed by atoms with Gasteiger partial charge in [0.05, 0.1) is 19.5 Å². The average molecular weight is 243 g/mol. The molecule has 0 radical (unpaired) electrons. The lowest BCUT2D eigenvalue weighted by Gasteiger charge is -2.04. The van der Waals surface area contributed by atoms with Crippen LogP contribution in [0, 0.1) is 0 Å². The summed E-state index contributed by atoms with van der Waals surface area (Å²) >= 11 is 0. The molecule has 0 saturated carbocycles. The minimum absolute atomic E-state index is 1.02. The second-order valence-corrected chi connectivity index (χ2v) is 4.71. The van der Waals surface area contributed by atoms with E-state index < -0.39 is 0 Å². The monoisotopic (exact) mass is 243 g/mol. The Labute approximate surface area is 110 Å². The molecule has 1 aromatic carbocycles. The van der Waals surface area contributed by atoms with Crippen molar-refractivity contribution in [2.75, 3.05) is 0 Å². The SMILES string of the molecule is CCCC[n+]1ccn(CC)c1Cc1ccccc1. The molecule has 0 aliphatic carbocycles. The van der Waals surface area contributed by atoms with Gasteiger partial charge in [-0.15, -0.1) is 0 Å². The maximum atomic E-state index is 2.40. The van der Waals surface area contributed by atoms with E-state index in [2.05, 4.69) is 65.7 Å². The molecule has 2 heteroatoms. The molecule has 0 amide bonds. The average Bonchev–Trinajstić information content (AvgIpc) is 2.80. The van der Waals surface area contributed by atoms with Crippen molar-refractivity contribution in [2.24, 2.45) is 0 Å². The summed E-state index contributed by atoms with van der Waals surface area (Å²) in [6.45, 7) is 6.62. The lowest BCUT2D eigenvalue weighted by molar-refractivity contribution is -0.703. The third-order valence-corrected chi connectivity index (χ3v) is 3.39. The molecule has 0 saturated heterocycles. The number of rotatable bonds is 6. The number of hydrogen-bond acceptors (Lipinski definition) is 0. The highest BCUT2D eigenvalue weighted by Crippen LogP contribution is 2.07. The second kappa shape index (κ2) is 6.39. The van der Waals surface area contributed by atoms with E-state index in [0.717, 1.165) is 19.5 Å². The molecule has 1 heterocycles. The van der Waals surface area contributed by atoms with Crippen molar-refractivity contribution < 1.29 is 4.57 Å². The van der Waals surface area contributed by atoms with E-state index >= 15 is 0 Å². The summed E-state index contributed by atoms with van der Waals surface area (Å²) in [7, 11) is 0. The molecule has 0 bridgehead atoms. The first-order valence-electron chi connectivity index (χ1n) is 6.96. The smallest absolute Gasteiger partial charge is 0.234 e. The lowest BCUT2D eigenvalue weighted by atomic mass is 10.1. The van der Waals surface area contributed by atoms with E-state index in [1.54, 1.807) is 0 Å². The Morgan fingerprint density at radius 2 is 1.89 bits per heavy atom. The third-order valence-electron chi connectivity index (χ3n) is 3.39. The van der Waals surface area contributed by atoms with Crippen LogP contribution in [0.15, 0.2) is 42.7 Å². The van der Waals surface area contributed by atoms with Gasteiger partial charge in [0.15, 0.2) is 0 Å². The first-order valence-corrected chi connectivity index (χ1v) is 6.96. The largest absolute Gasteiger partial charge is 0.260 e. The molecular formula is C16H23N2+. The number of benzene rings is 1. The number of imidazole rings is 1. The predicted molar refractivity (Wildman–Crippen MR) is 74.5 cm³/mol. The molecule has 18 heavy (non-hydrogen) atoms. The molecule has 0 atom stereocenters. The highest BCUT2D eigenvalue weighted by atomic mass is 15.1. The minimum Gasteiger partial charge on any atom is -0.234 e. The van der Waals surface area contributed by atoms with Crippen molar-refractivity contribution in [1.82, 2.24) is 4.57 Å². The van der Waals surface area contributed by atoms with E-state index in [0.29, 0.717) is 0 Å². The number of aryl methyl sites for hydroxylation is 2. The van der Waals surface area contributed by atoms with Crippen LogP contribution < -0.4 is 4.57 Å². The minimum atomic E-state index is 1.02. The van der Waals surface area contributed by atoms with Crippen LogP contribution in [-0.4, -0.2) is 4.57 Å². The Balaban J connectivity index is 2.21. The summed E-state index contributed by atoms with van der Waals surface area (Å²) in [6.07, 6.45) is 7.94. The molecular weight excluding hydrogens is 220 g/mol. The van der Waals surface area contributed by atoms with E-state index in [1.807, 2.05) is 0 Å². The fourth-order valence-electron chi connectivity index (χ4n) is 2.30. The first-order chi connectivity index (χ1) is 8.85. The van der Waals surface area contributed by atoms with Gasteiger partial charge in [-0.3, -0.25) is 0 Å². The van der Waals surface area contributed by atoms with Crippen molar-refractivity contribution in [3.05, 3.63) is 54.1 Å². The first kappa shape index (κ1) is 12.9. The Morgan fingerprint density at radius 3 is 2.56 bits per heavy atom. The van der Waals surface area contributed by atoms with Crippen LogP contribution >= 0.6 is 0 Å². The van der Waals surface area contributed by atoms with Crippen LogP contribution in [0.2, 0.25) is 0 Å². The molecule has 96 valence electrons. The van der Waals surface area contributed by atoms with Crippen LogP contribution in [0.4, 0.5) is 0 Å². The zero-order valence-electron chi connectivity index (χ0n) is 11.5. The number of hydrogen-bond donors (Lipinski definition) is 0. The fourth-order valence-corrected chi connectivity index (χ4v) is 2.30. The Kier molecular flexibility index (Phi) is 4.57. The van der Waals surface area contributed by atoms with Gasteiger partial charge in [0.1, 0.15) is 12.4 Å². The van der Waals surface area contributed by atoms with Crippen molar-refractivity contribution in [3.63, 3.8) is 0 Å². The Hall–Kier alpha value is -1.57. The molecule has 0 spiro atoms. The zero-order chi connectivity index (χ0) is 12.8. The quantitative estimate of drug-likeness (QED) is 0.689. The Morgan fingerprint density at radius 1 is 1.11 bits per heavy atom. The molecule has 2 rings (SSSR count). The molecule has 0 fully saturated rings. The molecule has 2 aromatic rings. The molecule has 2 nitrogen and oxygen atoms in total. The van der Waals surface area contributed by atoms with E-state index in [9.17, 15) is 0 Å². The van der Waals surface area contributed by atoms with Gasteiger partial charge in [-0.1, -0.05) is 43.7 Å². The molecule has 0 N–H and O–H groups in total. The van der Waals surface area contributed by atoms with Gasteiger partial charge in [-0.05, 0) is 18.9 Å². The van der Waals surface area contributed by atoms with Crippen LogP contribution in [0.3, 0.4) is 0 Å². The van der Waals surface area contributed by atoms with Crippen LogP contribution in [-0.2, 0) is 19.5 Å². The topological polar surface area (TPSA) is 8.81 Å². The predicted octanol–water partition coefficient (Wildman–Crippen LogP) is 3.19. The maximum Gasteiger partial charge on any atom is 0.260 e. The summed E-state index contributed by atoms with van der Waals surface area (Å²) in [6, 6.07) is 10.7. The molecule has 0 aliphatic heterocycles. The third kappa shape index (κ3) is 3.00. The van der Waals surface area contributed by atoms with Crippen molar-refractivity contribution in [3.8, 4) is 0 Å². The van der Waals surface area contributed by atoms with Crippen molar-refractivity contribution in [1.29, 1.82) is 0 Å². The summed E-state index contributed by atoms with van der Waals surface area (Å²) in [4.78, 5) is 0. The van der Waals surface area contributed by atoms with Crippen LogP contribution in [0.25, 0.3) is 0 Å².